The first kappa shape index (κ1) is 10.4. The summed E-state index contributed by atoms with van der Waals surface area (Å²) in [6, 6.07) is 0. The number of ether oxygens (including phenoxy) is 2. The highest BCUT2D eigenvalue weighted by Crippen LogP contribution is 2.30. The molecule has 3 nitrogen and oxygen atoms in total. The number of halogens is 1. The molecule has 0 spiro atoms. The highest BCUT2D eigenvalue weighted by atomic mass is 79.9. The maximum atomic E-state index is 9.12. The molecule has 1 saturated heterocycles. The minimum absolute atomic E-state index is 0.0916. The quantitative estimate of drug-likeness (QED) is 0.734. The van der Waals surface area contributed by atoms with Gasteiger partial charge in [-0.15, -0.1) is 0 Å². The summed E-state index contributed by atoms with van der Waals surface area (Å²) in [6.45, 7) is 4.93. The van der Waals surface area contributed by atoms with E-state index in [1.165, 1.54) is 0 Å². The Morgan fingerprint density at radius 2 is 1.83 bits per heavy atom. The first-order valence-corrected chi connectivity index (χ1v) is 5.10. The predicted molar refractivity (Wildman–Crippen MR) is 49.3 cm³/mol. The monoisotopic (exact) mass is 238 g/mol. The number of aliphatic hydroxyl groups excluding tert-OH is 1. The van der Waals surface area contributed by atoms with Crippen LogP contribution in [0.4, 0.5) is 0 Å². The van der Waals surface area contributed by atoms with E-state index in [9.17, 15) is 0 Å². The van der Waals surface area contributed by atoms with Gasteiger partial charge in [0.1, 0.15) is 0 Å². The van der Waals surface area contributed by atoms with Gasteiger partial charge in [-0.25, -0.2) is 0 Å². The van der Waals surface area contributed by atoms with Gasteiger partial charge in [-0.2, -0.15) is 0 Å². The largest absolute Gasteiger partial charge is 0.396 e. The summed E-state index contributed by atoms with van der Waals surface area (Å²) >= 11 is 3.35. The second-order valence-electron chi connectivity index (χ2n) is 3.77. The fourth-order valence-corrected chi connectivity index (χ4v) is 1.45. The lowest BCUT2D eigenvalue weighted by molar-refractivity contribution is -0.285. The molecular weight excluding hydrogens is 224 g/mol. The molecule has 1 fully saturated rings. The van der Waals surface area contributed by atoms with Crippen molar-refractivity contribution in [3.05, 3.63) is 0 Å². The Balaban J connectivity index is 2.53. The van der Waals surface area contributed by atoms with Gasteiger partial charge in [0.2, 0.25) is 0 Å². The van der Waals surface area contributed by atoms with Crippen LogP contribution >= 0.6 is 15.9 Å². The molecule has 0 atom stereocenters. The minimum Gasteiger partial charge on any atom is -0.396 e. The molecule has 1 N–H and O–H groups in total. The summed E-state index contributed by atoms with van der Waals surface area (Å²) < 4.78 is 10.9. The molecule has 0 unspecified atom stereocenters. The standard InChI is InChI=1S/C8H15BrO3/c1-7(2)11-5-8(3-9,4-10)6-12-7/h10H,3-6H2,1-2H3. The summed E-state index contributed by atoms with van der Waals surface area (Å²) in [5.74, 6) is -0.499. The van der Waals surface area contributed by atoms with Crippen molar-refractivity contribution in [1.82, 2.24) is 0 Å². The van der Waals surface area contributed by atoms with E-state index in [4.69, 9.17) is 14.6 Å². The van der Waals surface area contributed by atoms with Gasteiger partial charge in [-0.1, -0.05) is 15.9 Å². The Morgan fingerprint density at radius 1 is 1.33 bits per heavy atom. The van der Waals surface area contributed by atoms with Crippen molar-refractivity contribution < 1.29 is 14.6 Å². The molecule has 0 aromatic rings. The summed E-state index contributed by atoms with van der Waals surface area (Å²) in [5.41, 5.74) is -0.254. The third-order valence-electron chi connectivity index (χ3n) is 2.07. The van der Waals surface area contributed by atoms with E-state index in [-0.39, 0.29) is 12.0 Å². The SMILES string of the molecule is CC1(C)OCC(CO)(CBr)CO1. The Kier molecular flexibility index (Phi) is 3.15. The van der Waals surface area contributed by atoms with E-state index in [1.54, 1.807) is 0 Å². The van der Waals surface area contributed by atoms with E-state index in [1.807, 2.05) is 13.8 Å². The van der Waals surface area contributed by atoms with Crippen LogP contribution in [-0.2, 0) is 9.47 Å². The van der Waals surface area contributed by atoms with Crippen LogP contribution < -0.4 is 0 Å². The molecule has 0 aromatic heterocycles. The van der Waals surface area contributed by atoms with E-state index in [0.717, 1.165) is 0 Å². The van der Waals surface area contributed by atoms with Gasteiger partial charge >= 0.3 is 0 Å². The molecule has 1 heterocycles. The number of hydrogen-bond donors (Lipinski definition) is 1. The zero-order chi connectivity index (χ0) is 9.24. The molecule has 4 heteroatoms. The van der Waals surface area contributed by atoms with Crippen molar-refractivity contribution in [2.75, 3.05) is 25.2 Å². The van der Waals surface area contributed by atoms with Gasteiger partial charge in [0, 0.05) is 5.33 Å². The third kappa shape index (κ3) is 2.19. The van der Waals surface area contributed by atoms with Crippen LogP contribution in [0.3, 0.4) is 0 Å². The van der Waals surface area contributed by atoms with Crippen LogP contribution in [0.2, 0.25) is 0 Å². The van der Waals surface area contributed by atoms with Crippen molar-refractivity contribution in [3.63, 3.8) is 0 Å². The van der Waals surface area contributed by atoms with Crippen LogP contribution in [-0.4, -0.2) is 36.0 Å². The van der Waals surface area contributed by atoms with Crippen molar-refractivity contribution >= 4 is 15.9 Å². The first-order chi connectivity index (χ1) is 5.54. The lowest BCUT2D eigenvalue weighted by Crippen LogP contribution is -2.49. The number of hydrogen-bond acceptors (Lipinski definition) is 3. The first-order valence-electron chi connectivity index (χ1n) is 3.98. The van der Waals surface area contributed by atoms with Crippen LogP contribution in [0, 0.1) is 5.41 Å². The van der Waals surface area contributed by atoms with E-state index >= 15 is 0 Å². The van der Waals surface area contributed by atoms with Gasteiger partial charge in [0.25, 0.3) is 0 Å². The van der Waals surface area contributed by atoms with Crippen LogP contribution in [0.1, 0.15) is 13.8 Å². The molecule has 0 radical (unpaired) electrons. The second kappa shape index (κ2) is 3.62. The molecule has 0 saturated carbocycles. The van der Waals surface area contributed by atoms with Crippen LogP contribution in [0.15, 0.2) is 0 Å². The Bertz CT molecular complexity index is 142. The van der Waals surface area contributed by atoms with Crippen LogP contribution in [0.25, 0.3) is 0 Å². The molecule has 12 heavy (non-hydrogen) atoms. The maximum absolute atomic E-state index is 9.12. The molecule has 0 aromatic carbocycles. The molecule has 1 rings (SSSR count). The fraction of sp³-hybridized carbons (Fsp3) is 1.00. The number of aliphatic hydroxyl groups is 1. The lowest BCUT2D eigenvalue weighted by Gasteiger charge is -2.41. The van der Waals surface area contributed by atoms with Gasteiger partial charge < -0.3 is 14.6 Å². The van der Waals surface area contributed by atoms with E-state index in [0.29, 0.717) is 18.5 Å². The van der Waals surface area contributed by atoms with Crippen molar-refractivity contribution in [2.24, 2.45) is 5.41 Å². The minimum atomic E-state index is -0.499. The average molecular weight is 239 g/mol. The van der Waals surface area contributed by atoms with Crippen LogP contribution in [0.5, 0.6) is 0 Å². The molecule has 1 aliphatic rings. The van der Waals surface area contributed by atoms with Crippen molar-refractivity contribution in [3.8, 4) is 0 Å². The maximum Gasteiger partial charge on any atom is 0.162 e. The summed E-state index contributed by atoms with van der Waals surface area (Å²) in [6.07, 6.45) is 0. The normalized spacial score (nSPS) is 27.0. The molecule has 0 bridgehead atoms. The summed E-state index contributed by atoms with van der Waals surface area (Å²) in [4.78, 5) is 0. The molecule has 72 valence electrons. The van der Waals surface area contributed by atoms with Crippen molar-refractivity contribution in [2.45, 2.75) is 19.6 Å². The topological polar surface area (TPSA) is 38.7 Å². The zero-order valence-corrected chi connectivity index (χ0v) is 9.06. The van der Waals surface area contributed by atoms with Gasteiger partial charge in [-0.05, 0) is 13.8 Å². The van der Waals surface area contributed by atoms with Crippen molar-refractivity contribution in [1.29, 1.82) is 0 Å². The number of alkyl halides is 1. The van der Waals surface area contributed by atoms with E-state index < -0.39 is 5.79 Å². The molecular formula is C8H15BrO3. The predicted octanol–water partition coefficient (Wildman–Crippen LogP) is 1.14. The highest BCUT2D eigenvalue weighted by molar-refractivity contribution is 9.09. The van der Waals surface area contributed by atoms with Gasteiger partial charge in [0.15, 0.2) is 5.79 Å². The Morgan fingerprint density at radius 3 is 2.17 bits per heavy atom. The Labute approximate surface area is 81.2 Å². The fourth-order valence-electron chi connectivity index (χ4n) is 0.948. The third-order valence-corrected chi connectivity index (χ3v) is 3.26. The summed E-state index contributed by atoms with van der Waals surface area (Å²) in [5, 5.41) is 9.82. The van der Waals surface area contributed by atoms with Gasteiger partial charge in [-0.3, -0.25) is 0 Å². The second-order valence-corrected chi connectivity index (χ2v) is 4.33. The molecule has 1 aliphatic heterocycles. The zero-order valence-electron chi connectivity index (χ0n) is 7.47. The summed E-state index contributed by atoms with van der Waals surface area (Å²) in [7, 11) is 0. The molecule has 0 aliphatic carbocycles. The van der Waals surface area contributed by atoms with Gasteiger partial charge in [0.05, 0.1) is 25.2 Å². The lowest BCUT2D eigenvalue weighted by atomic mass is 9.93. The average Bonchev–Trinajstić information content (AvgIpc) is 2.06. The highest BCUT2D eigenvalue weighted by Gasteiger charge is 2.38. The smallest absolute Gasteiger partial charge is 0.162 e. The number of rotatable bonds is 2. The van der Waals surface area contributed by atoms with E-state index in [2.05, 4.69) is 15.9 Å². The Hall–Kier alpha value is 0.360. The molecule has 0 amide bonds.